The Morgan fingerprint density at radius 2 is 1.89 bits per heavy atom. The van der Waals surface area contributed by atoms with Crippen LogP contribution >= 0.6 is 0 Å². The fourth-order valence-corrected chi connectivity index (χ4v) is 4.07. The first-order chi connectivity index (χ1) is 17.7. The molecular formula is C25H26N8O3. The van der Waals surface area contributed by atoms with Crippen molar-refractivity contribution in [3.05, 3.63) is 65.7 Å². The van der Waals surface area contributed by atoms with Crippen molar-refractivity contribution < 1.29 is 14.1 Å². The molecule has 2 fully saturated rings. The molecule has 4 aromatic rings. The first-order valence-electron chi connectivity index (χ1n) is 12.0. The van der Waals surface area contributed by atoms with E-state index in [1.165, 1.54) is 12.8 Å². The minimum absolute atomic E-state index is 0.168. The van der Waals surface area contributed by atoms with Crippen LogP contribution in [0.1, 0.15) is 40.7 Å². The van der Waals surface area contributed by atoms with Gasteiger partial charge in [0, 0.05) is 48.5 Å². The topological polar surface area (TPSA) is 134 Å². The molecule has 0 unspecified atom stereocenters. The summed E-state index contributed by atoms with van der Waals surface area (Å²) in [7, 11) is 0. The standard InChI is InChI=1S/C25H26N8O3/c34-24(33-8-10-35-11-9-33)21-14-22(28-23-13-19(30-31-23)17-6-7-17)29-25(27-21)26-15-18-12-20(32-36-18)16-4-2-1-3-5-16/h1-5,12-14,17H,6-11,15H2,(H3,26,27,28,29,30,31). The van der Waals surface area contributed by atoms with Crippen molar-refractivity contribution in [2.45, 2.75) is 25.3 Å². The van der Waals surface area contributed by atoms with Crippen molar-refractivity contribution in [2.75, 3.05) is 36.9 Å². The number of nitrogens with one attached hydrogen (secondary N) is 3. The summed E-state index contributed by atoms with van der Waals surface area (Å²) in [6.45, 7) is 2.39. The van der Waals surface area contributed by atoms with E-state index < -0.39 is 0 Å². The van der Waals surface area contributed by atoms with Gasteiger partial charge < -0.3 is 24.8 Å². The Morgan fingerprint density at radius 3 is 2.69 bits per heavy atom. The summed E-state index contributed by atoms with van der Waals surface area (Å²) in [5, 5.41) is 17.9. The molecule has 6 rings (SSSR count). The molecule has 1 aliphatic heterocycles. The lowest BCUT2D eigenvalue weighted by Gasteiger charge is -2.26. The highest BCUT2D eigenvalue weighted by molar-refractivity contribution is 5.93. The van der Waals surface area contributed by atoms with Crippen LogP contribution in [0.15, 0.2) is 53.1 Å². The van der Waals surface area contributed by atoms with Gasteiger partial charge in [0.05, 0.1) is 19.8 Å². The molecule has 1 saturated carbocycles. The van der Waals surface area contributed by atoms with Crippen LogP contribution in [0.25, 0.3) is 11.3 Å². The predicted molar refractivity (Wildman–Crippen MR) is 132 cm³/mol. The zero-order chi connectivity index (χ0) is 24.3. The van der Waals surface area contributed by atoms with E-state index >= 15 is 0 Å². The third kappa shape index (κ3) is 5.05. The van der Waals surface area contributed by atoms with Gasteiger partial charge in [0.25, 0.3) is 5.91 Å². The second kappa shape index (κ2) is 9.78. The van der Waals surface area contributed by atoms with Gasteiger partial charge in [0.2, 0.25) is 5.95 Å². The maximum absolute atomic E-state index is 13.2. The summed E-state index contributed by atoms with van der Waals surface area (Å²) in [6, 6.07) is 15.3. The fraction of sp³-hybridized carbons (Fsp3) is 0.320. The quantitative estimate of drug-likeness (QED) is 0.342. The van der Waals surface area contributed by atoms with Gasteiger partial charge in [-0.15, -0.1) is 0 Å². The smallest absolute Gasteiger partial charge is 0.272 e. The predicted octanol–water partition coefficient (Wildman–Crippen LogP) is 3.56. The second-order valence-electron chi connectivity index (χ2n) is 8.87. The summed E-state index contributed by atoms with van der Waals surface area (Å²) in [5.74, 6) is 2.43. The fourth-order valence-electron chi connectivity index (χ4n) is 4.07. The number of aromatic nitrogens is 5. The summed E-state index contributed by atoms with van der Waals surface area (Å²) < 4.78 is 10.9. The van der Waals surface area contributed by atoms with Gasteiger partial charge in [-0.2, -0.15) is 10.1 Å². The molecule has 36 heavy (non-hydrogen) atoms. The van der Waals surface area contributed by atoms with Crippen molar-refractivity contribution in [3.8, 4) is 11.3 Å². The van der Waals surface area contributed by atoms with Crippen molar-refractivity contribution in [1.82, 2.24) is 30.2 Å². The first-order valence-corrected chi connectivity index (χ1v) is 12.0. The molecule has 3 aromatic heterocycles. The molecule has 3 N–H and O–H groups in total. The number of hydrogen-bond donors (Lipinski definition) is 3. The highest BCUT2D eigenvalue weighted by atomic mass is 16.5. The average molecular weight is 487 g/mol. The van der Waals surface area contributed by atoms with E-state index in [1.807, 2.05) is 42.5 Å². The number of amides is 1. The zero-order valence-corrected chi connectivity index (χ0v) is 19.6. The monoisotopic (exact) mass is 486 g/mol. The molecule has 11 heteroatoms. The minimum Gasteiger partial charge on any atom is -0.378 e. The number of ether oxygens (including phenoxy) is 1. The second-order valence-corrected chi connectivity index (χ2v) is 8.87. The van der Waals surface area contributed by atoms with Gasteiger partial charge in [0.1, 0.15) is 17.2 Å². The molecule has 1 aromatic carbocycles. The van der Waals surface area contributed by atoms with Gasteiger partial charge in [0.15, 0.2) is 11.6 Å². The SMILES string of the molecule is O=C(c1cc(Nc2cc(C3CC3)[nH]n2)nc(NCc2cc(-c3ccccc3)no2)n1)N1CCOCC1. The number of nitrogens with zero attached hydrogens (tertiary/aromatic N) is 5. The Morgan fingerprint density at radius 1 is 1.06 bits per heavy atom. The lowest BCUT2D eigenvalue weighted by Crippen LogP contribution is -2.41. The van der Waals surface area contributed by atoms with Crippen LogP contribution < -0.4 is 10.6 Å². The Bertz CT molecular complexity index is 1340. The summed E-state index contributed by atoms with van der Waals surface area (Å²) in [4.78, 5) is 24.0. The molecule has 1 saturated heterocycles. The van der Waals surface area contributed by atoms with Gasteiger partial charge >= 0.3 is 0 Å². The van der Waals surface area contributed by atoms with Crippen molar-refractivity contribution >= 4 is 23.5 Å². The van der Waals surface area contributed by atoms with Crippen molar-refractivity contribution in [2.24, 2.45) is 0 Å². The van der Waals surface area contributed by atoms with Crippen LogP contribution in [-0.2, 0) is 11.3 Å². The van der Waals surface area contributed by atoms with Crippen LogP contribution in [0.2, 0.25) is 0 Å². The number of carbonyl (C=O) groups excluding carboxylic acids is 1. The number of morpholine rings is 1. The third-order valence-corrected chi connectivity index (χ3v) is 6.16. The van der Waals surface area contributed by atoms with Gasteiger partial charge in [-0.3, -0.25) is 9.89 Å². The molecule has 0 bridgehead atoms. The van der Waals surface area contributed by atoms with E-state index in [2.05, 4.69) is 36.0 Å². The molecule has 0 spiro atoms. The maximum atomic E-state index is 13.2. The van der Waals surface area contributed by atoms with Gasteiger partial charge in [-0.05, 0) is 12.8 Å². The normalized spacial score (nSPS) is 15.6. The summed E-state index contributed by atoms with van der Waals surface area (Å²) in [6.07, 6.45) is 2.35. The van der Waals surface area contributed by atoms with Crippen molar-refractivity contribution in [3.63, 3.8) is 0 Å². The highest BCUT2D eigenvalue weighted by Gasteiger charge is 2.26. The van der Waals surface area contributed by atoms with Crippen molar-refractivity contribution in [1.29, 1.82) is 0 Å². The third-order valence-electron chi connectivity index (χ3n) is 6.16. The van der Waals surface area contributed by atoms with E-state index in [-0.39, 0.29) is 11.6 Å². The van der Waals surface area contributed by atoms with E-state index in [0.29, 0.717) is 62.1 Å². The molecule has 1 aliphatic carbocycles. The minimum atomic E-state index is -0.168. The molecule has 11 nitrogen and oxygen atoms in total. The average Bonchev–Trinajstić information content (AvgIpc) is 3.48. The Hall–Kier alpha value is -4.25. The van der Waals surface area contributed by atoms with E-state index in [1.54, 1.807) is 11.0 Å². The van der Waals surface area contributed by atoms with Crippen LogP contribution in [0, 0.1) is 0 Å². The van der Waals surface area contributed by atoms with E-state index in [0.717, 1.165) is 17.0 Å². The van der Waals surface area contributed by atoms with Crippen LogP contribution in [0.5, 0.6) is 0 Å². The number of hydrogen-bond acceptors (Lipinski definition) is 9. The molecule has 184 valence electrons. The highest BCUT2D eigenvalue weighted by Crippen LogP contribution is 2.39. The lowest BCUT2D eigenvalue weighted by atomic mass is 10.1. The number of anilines is 3. The molecule has 1 amide bonds. The zero-order valence-electron chi connectivity index (χ0n) is 19.6. The Labute approximate surface area is 207 Å². The summed E-state index contributed by atoms with van der Waals surface area (Å²) >= 11 is 0. The van der Waals surface area contributed by atoms with Gasteiger partial charge in [-0.1, -0.05) is 35.5 Å². The lowest BCUT2D eigenvalue weighted by molar-refractivity contribution is 0.0299. The van der Waals surface area contributed by atoms with E-state index in [9.17, 15) is 4.79 Å². The summed E-state index contributed by atoms with van der Waals surface area (Å²) in [5.41, 5.74) is 3.11. The Balaban J connectivity index is 1.22. The van der Waals surface area contributed by atoms with Crippen LogP contribution in [-0.4, -0.2) is 62.4 Å². The molecule has 0 atom stereocenters. The number of carbonyl (C=O) groups is 1. The Kier molecular flexibility index (Phi) is 6.04. The molecule has 2 aliphatic rings. The number of aromatic amines is 1. The molecule has 4 heterocycles. The first kappa shape index (κ1) is 22.2. The largest absolute Gasteiger partial charge is 0.378 e. The number of benzene rings is 1. The van der Waals surface area contributed by atoms with Gasteiger partial charge in [-0.25, -0.2) is 4.98 Å². The molecular weight excluding hydrogens is 460 g/mol. The number of rotatable bonds is 8. The maximum Gasteiger partial charge on any atom is 0.272 e. The van der Waals surface area contributed by atoms with Crippen LogP contribution in [0.4, 0.5) is 17.6 Å². The van der Waals surface area contributed by atoms with Crippen LogP contribution in [0.3, 0.4) is 0 Å². The number of H-pyrrole nitrogens is 1. The molecule has 0 radical (unpaired) electrons. The van der Waals surface area contributed by atoms with E-state index in [4.69, 9.17) is 9.26 Å².